The Bertz CT molecular complexity index is 1190. The Hall–Kier alpha value is -2.23. The van der Waals surface area contributed by atoms with Gasteiger partial charge in [0.1, 0.15) is 5.82 Å². The number of nitrogens with zero attached hydrogens (tertiary/aromatic N) is 1. The van der Waals surface area contributed by atoms with E-state index in [9.17, 15) is 21.2 Å². The Morgan fingerprint density at radius 2 is 1.69 bits per heavy atom. The number of benzene rings is 2. The molecule has 10 heteroatoms. The molecule has 0 atom stereocenters. The van der Waals surface area contributed by atoms with Crippen LogP contribution in [-0.2, 0) is 19.7 Å². The second-order valence-electron chi connectivity index (χ2n) is 5.35. The zero-order chi connectivity index (χ0) is 19.1. The highest BCUT2D eigenvalue weighted by Gasteiger charge is 2.33. The summed E-state index contributed by atoms with van der Waals surface area (Å²) in [6.45, 7) is 0. The van der Waals surface area contributed by atoms with Crippen molar-refractivity contribution in [2.75, 3.05) is 6.26 Å². The number of halogens is 2. The van der Waals surface area contributed by atoms with Gasteiger partial charge in [-0.2, -0.15) is 4.98 Å². The van der Waals surface area contributed by atoms with Crippen LogP contribution in [0.15, 0.2) is 68.0 Å². The monoisotopic (exact) mass is 415 g/mol. The molecule has 0 saturated heterocycles. The van der Waals surface area contributed by atoms with Crippen molar-refractivity contribution in [3.8, 4) is 11.5 Å². The summed E-state index contributed by atoms with van der Waals surface area (Å²) in [7, 11) is -8.36. The third-order valence-corrected chi connectivity index (χ3v) is 6.36. The number of aromatic nitrogens is 1. The molecule has 0 unspecified atom stereocenters. The van der Waals surface area contributed by atoms with Crippen molar-refractivity contribution in [1.82, 2.24) is 4.98 Å². The van der Waals surface area contributed by atoms with Crippen molar-refractivity contribution in [1.29, 1.82) is 0 Å². The summed E-state index contributed by atoms with van der Waals surface area (Å²) in [5, 5.41) is -1.26. The third kappa shape index (κ3) is 3.50. The standard InChI is InChI=1S/C16H11ClFNO5S2/c1-25(20,21)16-15(26(22,23)13-7-5-11(17)6-8-13)19-14(24-16)10-3-2-4-12(18)9-10/h2-9H,1H3. The van der Waals surface area contributed by atoms with Gasteiger partial charge in [0.25, 0.3) is 5.09 Å². The van der Waals surface area contributed by atoms with Crippen LogP contribution in [-0.4, -0.2) is 28.1 Å². The fourth-order valence-electron chi connectivity index (χ4n) is 2.17. The van der Waals surface area contributed by atoms with Gasteiger partial charge in [0, 0.05) is 16.8 Å². The van der Waals surface area contributed by atoms with Gasteiger partial charge in [-0.3, -0.25) is 0 Å². The van der Waals surface area contributed by atoms with Crippen LogP contribution in [0, 0.1) is 5.82 Å². The molecule has 2 aromatic carbocycles. The molecule has 0 amide bonds. The number of hydrogen-bond donors (Lipinski definition) is 0. The van der Waals surface area contributed by atoms with Gasteiger partial charge in [-0.1, -0.05) is 17.7 Å². The molecule has 0 aliphatic heterocycles. The summed E-state index contributed by atoms with van der Waals surface area (Å²) in [6, 6.07) is 10.2. The van der Waals surface area contributed by atoms with E-state index in [2.05, 4.69) is 4.98 Å². The second-order valence-corrected chi connectivity index (χ2v) is 9.57. The van der Waals surface area contributed by atoms with Gasteiger partial charge in [0.15, 0.2) is 0 Å². The molecule has 3 aromatic rings. The van der Waals surface area contributed by atoms with Gasteiger partial charge in [0.2, 0.25) is 30.6 Å². The van der Waals surface area contributed by atoms with Gasteiger partial charge < -0.3 is 4.42 Å². The third-order valence-electron chi connectivity index (χ3n) is 3.35. The van der Waals surface area contributed by atoms with Crippen LogP contribution in [0.1, 0.15) is 0 Å². The molecule has 26 heavy (non-hydrogen) atoms. The SMILES string of the molecule is CS(=O)(=O)c1oc(-c2cccc(F)c2)nc1S(=O)(=O)c1ccc(Cl)cc1. The van der Waals surface area contributed by atoms with E-state index in [4.69, 9.17) is 16.0 Å². The summed E-state index contributed by atoms with van der Waals surface area (Å²) in [5.41, 5.74) is 0.104. The minimum Gasteiger partial charge on any atom is -0.423 e. The molecule has 1 heterocycles. The lowest BCUT2D eigenvalue weighted by Gasteiger charge is -2.02. The molecule has 0 radical (unpaired) electrons. The smallest absolute Gasteiger partial charge is 0.258 e. The first kappa shape index (κ1) is 18.6. The molecule has 6 nitrogen and oxygen atoms in total. The fourth-order valence-corrected chi connectivity index (χ4v) is 4.85. The van der Waals surface area contributed by atoms with Gasteiger partial charge in [-0.15, -0.1) is 0 Å². The highest BCUT2D eigenvalue weighted by molar-refractivity contribution is 7.94. The van der Waals surface area contributed by atoms with Crippen LogP contribution >= 0.6 is 11.6 Å². The van der Waals surface area contributed by atoms with E-state index >= 15 is 0 Å². The second kappa shape index (κ2) is 6.49. The molecule has 0 aliphatic carbocycles. The molecule has 0 fully saturated rings. The Morgan fingerprint density at radius 1 is 1.04 bits per heavy atom. The number of sulfone groups is 2. The van der Waals surface area contributed by atoms with E-state index in [1.165, 1.54) is 42.5 Å². The molecule has 0 spiro atoms. The molecule has 136 valence electrons. The average molecular weight is 416 g/mol. The summed E-state index contributed by atoms with van der Waals surface area (Å²) >= 11 is 5.75. The van der Waals surface area contributed by atoms with Crippen LogP contribution in [0.25, 0.3) is 11.5 Å². The Labute approximate surface area is 154 Å². The van der Waals surface area contributed by atoms with Crippen molar-refractivity contribution >= 4 is 31.3 Å². The predicted molar refractivity (Wildman–Crippen MR) is 91.9 cm³/mol. The summed E-state index contributed by atoms with van der Waals surface area (Å²) in [5.74, 6) is -0.929. The van der Waals surface area contributed by atoms with Gasteiger partial charge in [-0.05, 0) is 42.5 Å². The molecular weight excluding hydrogens is 405 g/mol. The maximum atomic E-state index is 13.4. The summed E-state index contributed by atoms with van der Waals surface area (Å²) in [4.78, 5) is 3.62. The minimum absolute atomic E-state index is 0.104. The molecule has 0 bridgehead atoms. The molecule has 3 rings (SSSR count). The lowest BCUT2D eigenvalue weighted by molar-refractivity contribution is 0.446. The van der Waals surface area contributed by atoms with E-state index in [0.29, 0.717) is 5.02 Å². The van der Waals surface area contributed by atoms with E-state index in [-0.39, 0.29) is 16.3 Å². The van der Waals surface area contributed by atoms with E-state index in [1.54, 1.807) is 0 Å². The number of rotatable bonds is 4. The van der Waals surface area contributed by atoms with Crippen LogP contribution in [0.2, 0.25) is 5.02 Å². The number of hydrogen-bond acceptors (Lipinski definition) is 6. The zero-order valence-corrected chi connectivity index (χ0v) is 15.6. The first-order valence-electron chi connectivity index (χ1n) is 7.06. The Morgan fingerprint density at radius 3 is 2.27 bits per heavy atom. The molecule has 0 saturated carbocycles. The van der Waals surface area contributed by atoms with E-state index in [1.807, 2.05) is 0 Å². The maximum absolute atomic E-state index is 13.4. The van der Waals surface area contributed by atoms with Gasteiger partial charge >= 0.3 is 0 Å². The van der Waals surface area contributed by atoms with Crippen LogP contribution < -0.4 is 0 Å². The Kier molecular flexibility index (Phi) is 4.63. The summed E-state index contributed by atoms with van der Waals surface area (Å²) in [6.07, 6.45) is 0.795. The molecule has 0 aliphatic rings. The number of oxazole rings is 1. The lowest BCUT2D eigenvalue weighted by Crippen LogP contribution is -2.08. The zero-order valence-electron chi connectivity index (χ0n) is 13.2. The van der Waals surface area contributed by atoms with Crippen molar-refractivity contribution in [3.05, 3.63) is 59.4 Å². The van der Waals surface area contributed by atoms with Gasteiger partial charge in [0.05, 0.1) is 4.90 Å². The molecule has 0 N–H and O–H groups in total. The van der Waals surface area contributed by atoms with E-state index < -0.39 is 35.6 Å². The largest absolute Gasteiger partial charge is 0.423 e. The van der Waals surface area contributed by atoms with Crippen molar-refractivity contribution in [2.45, 2.75) is 15.0 Å². The molecular formula is C16H11ClFNO5S2. The van der Waals surface area contributed by atoms with Gasteiger partial charge in [-0.25, -0.2) is 21.2 Å². The highest BCUT2D eigenvalue weighted by Crippen LogP contribution is 2.32. The van der Waals surface area contributed by atoms with Crippen molar-refractivity contribution in [2.24, 2.45) is 0 Å². The first-order chi connectivity index (χ1) is 12.1. The van der Waals surface area contributed by atoms with Crippen molar-refractivity contribution < 1.29 is 25.6 Å². The first-order valence-corrected chi connectivity index (χ1v) is 10.8. The van der Waals surface area contributed by atoms with E-state index in [0.717, 1.165) is 12.3 Å². The average Bonchev–Trinajstić information content (AvgIpc) is 3.02. The highest BCUT2D eigenvalue weighted by atomic mass is 35.5. The fraction of sp³-hybridized carbons (Fsp3) is 0.0625. The normalized spacial score (nSPS) is 12.3. The topological polar surface area (TPSA) is 94.3 Å². The quantitative estimate of drug-likeness (QED) is 0.648. The maximum Gasteiger partial charge on any atom is 0.258 e. The van der Waals surface area contributed by atoms with Crippen molar-refractivity contribution in [3.63, 3.8) is 0 Å². The minimum atomic E-state index is -4.30. The predicted octanol–water partition coefficient (Wildman–Crippen LogP) is 3.37. The van der Waals surface area contributed by atoms with Crippen LogP contribution in [0.5, 0.6) is 0 Å². The van der Waals surface area contributed by atoms with Crippen LogP contribution in [0.4, 0.5) is 4.39 Å². The summed E-state index contributed by atoms with van der Waals surface area (Å²) < 4.78 is 68.2. The van der Waals surface area contributed by atoms with Crippen LogP contribution in [0.3, 0.4) is 0 Å². The Balaban J connectivity index is 2.25. The lowest BCUT2D eigenvalue weighted by atomic mass is 10.2. The molecule has 1 aromatic heterocycles.